The van der Waals surface area contributed by atoms with Crippen LogP contribution in [-0.4, -0.2) is 4.37 Å². The summed E-state index contributed by atoms with van der Waals surface area (Å²) in [6, 6.07) is 16.5. The lowest BCUT2D eigenvalue weighted by molar-refractivity contribution is 1.55. The van der Waals surface area contributed by atoms with Gasteiger partial charge in [0, 0.05) is 11.6 Å². The maximum Gasteiger partial charge on any atom is 0.107 e. The van der Waals surface area contributed by atoms with E-state index in [2.05, 4.69) is 28.6 Å². The SMILES string of the molecule is Nc1cc(-c2cccc3ccccc23)ns1. The van der Waals surface area contributed by atoms with Crippen LogP contribution in [0.25, 0.3) is 22.0 Å². The highest BCUT2D eigenvalue weighted by Gasteiger charge is 2.06. The van der Waals surface area contributed by atoms with Crippen molar-refractivity contribution in [2.45, 2.75) is 0 Å². The molecule has 0 bridgehead atoms. The van der Waals surface area contributed by atoms with Crippen molar-refractivity contribution >= 4 is 27.3 Å². The number of fused-ring (bicyclic) bond motifs is 1. The molecule has 2 N–H and O–H groups in total. The lowest BCUT2D eigenvalue weighted by atomic mass is 10.0. The van der Waals surface area contributed by atoms with Crippen LogP contribution in [-0.2, 0) is 0 Å². The molecule has 0 amide bonds. The van der Waals surface area contributed by atoms with Crippen molar-refractivity contribution < 1.29 is 0 Å². The fraction of sp³-hybridized carbons (Fsp3) is 0. The first kappa shape index (κ1) is 9.36. The van der Waals surface area contributed by atoms with Crippen molar-refractivity contribution in [3.8, 4) is 11.3 Å². The maximum atomic E-state index is 5.72. The van der Waals surface area contributed by atoms with Gasteiger partial charge in [-0.15, -0.1) is 0 Å². The van der Waals surface area contributed by atoms with Crippen LogP contribution in [0, 0.1) is 0 Å². The predicted octanol–water partition coefficient (Wildman–Crippen LogP) is 3.55. The minimum atomic E-state index is 0.753. The molecule has 1 aromatic heterocycles. The number of nitrogens with zero attached hydrogens (tertiary/aromatic N) is 1. The maximum absolute atomic E-state index is 5.72. The highest BCUT2D eigenvalue weighted by atomic mass is 32.1. The van der Waals surface area contributed by atoms with Gasteiger partial charge in [-0.2, -0.15) is 4.37 Å². The third-order valence-electron chi connectivity index (χ3n) is 2.59. The quantitative estimate of drug-likeness (QED) is 0.689. The van der Waals surface area contributed by atoms with E-state index in [1.165, 1.54) is 22.3 Å². The Hall–Kier alpha value is -1.87. The van der Waals surface area contributed by atoms with Crippen LogP contribution in [0.5, 0.6) is 0 Å². The highest BCUT2D eigenvalue weighted by molar-refractivity contribution is 7.10. The fourth-order valence-corrected chi connectivity index (χ4v) is 2.38. The molecule has 0 saturated carbocycles. The second kappa shape index (κ2) is 3.61. The van der Waals surface area contributed by atoms with Crippen molar-refractivity contribution in [2.24, 2.45) is 0 Å². The van der Waals surface area contributed by atoms with Gasteiger partial charge in [0.05, 0.1) is 5.69 Å². The Kier molecular flexibility index (Phi) is 2.11. The monoisotopic (exact) mass is 226 g/mol. The van der Waals surface area contributed by atoms with Crippen molar-refractivity contribution in [3.63, 3.8) is 0 Å². The van der Waals surface area contributed by atoms with Gasteiger partial charge < -0.3 is 5.73 Å². The number of benzene rings is 2. The predicted molar refractivity (Wildman–Crippen MR) is 69.5 cm³/mol. The van der Waals surface area contributed by atoms with Gasteiger partial charge in [-0.25, -0.2) is 0 Å². The van der Waals surface area contributed by atoms with Crippen molar-refractivity contribution in [2.75, 3.05) is 5.73 Å². The Morgan fingerprint density at radius 3 is 2.62 bits per heavy atom. The molecule has 3 heteroatoms. The zero-order valence-electron chi connectivity index (χ0n) is 8.55. The van der Waals surface area contributed by atoms with Crippen LogP contribution < -0.4 is 5.73 Å². The lowest BCUT2D eigenvalue weighted by Crippen LogP contribution is -1.80. The molecule has 3 aromatic rings. The average molecular weight is 226 g/mol. The number of rotatable bonds is 1. The third kappa shape index (κ3) is 1.46. The molecule has 0 aliphatic rings. The molecule has 16 heavy (non-hydrogen) atoms. The van der Waals surface area contributed by atoms with Crippen LogP contribution in [0.1, 0.15) is 0 Å². The Labute approximate surface area is 97.5 Å². The summed E-state index contributed by atoms with van der Waals surface area (Å²) in [5.41, 5.74) is 7.82. The van der Waals surface area contributed by atoms with Crippen LogP contribution in [0.4, 0.5) is 5.00 Å². The minimum absolute atomic E-state index is 0.753. The molecule has 0 unspecified atom stereocenters. The summed E-state index contributed by atoms with van der Waals surface area (Å²) in [4.78, 5) is 0. The zero-order valence-corrected chi connectivity index (χ0v) is 9.37. The topological polar surface area (TPSA) is 38.9 Å². The summed E-state index contributed by atoms with van der Waals surface area (Å²) in [5, 5.41) is 3.20. The van der Waals surface area contributed by atoms with Crippen molar-refractivity contribution in [1.82, 2.24) is 4.37 Å². The van der Waals surface area contributed by atoms with Gasteiger partial charge in [-0.1, -0.05) is 42.5 Å². The van der Waals surface area contributed by atoms with Crippen molar-refractivity contribution in [1.29, 1.82) is 0 Å². The molecule has 3 rings (SSSR count). The summed E-state index contributed by atoms with van der Waals surface area (Å²) in [5.74, 6) is 0. The van der Waals surface area contributed by atoms with Gasteiger partial charge in [0.1, 0.15) is 5.00 Å². The molecular formula is C13H10N2S. The molecular weight excluding hydrogens is 216 g/mol. The van der Waals surface area contributed by atoms with E-state index in [0.717, 1.165) is 16.3 Å². The molecule has 2 aromatic carbocycles. The second-order valence-electron chi connectivity index (χ2n) is 3.64. The van der Waals surface area contributed by atoms with Crippen LogP contribution >= 0.6 is 11.5 Å². The summed E-state index contributed by atoms with van der Waals surface area (Å²) < 4.78 is 4.35. The normalized spacial score (nSPS) is 10.8. The highest BCUT2D eigenvalue weighted by Crippen LogP contribution is 2.29. The molecule has 78 valence electrons. The Balaban J connectivity index is 2.31. The van der Waals surface area contributed by atoms with Gasteiger partial charge in [-0.05, 0) is 22.3 Å². The van der Waals surface area contributed by atoms with Gasteiger partial charge >= 0.3 is 0 Å². The Bertz CT molecular complexity index is 638. The molecule has 0 fully saturated rings. The summed E-state index contributed by atoms with van der Waals surface area (Å²) in [6.45, 7) is 0. The number of hydrogen-bond donors (Lipinski definition) is 1. The Morgan fingerprint density at radius 1 is 1.00 bits per heavy atom. The molecule has 0 atom stereocenters. The van der Waals surface area contributed by atoms with E-state index in [-0.39, 0.29) is 0 Å². The van der Waals surface area contributed by atoms with E-state index in [1.54, 1.807) is 0 Å². The van der Waals surface area contributed by atoms with E-state index in [9.17, 15) is 0 Å². The van der Waals surface area contributed by atoms with E-state index < -0.39 is 0 Å². The third-order valence-corrected chi connectivity index (χ3v) is 3.21. The second-order valence-corrected chi connectivity index (χ2v) is 4.48. The Morgan fingerprint density at radius 2 is 1.81 bits per heavy atom. The van der Waals surface area contributed by atoms with E-state index in [0.29, 0.717) is 0 Å². The molecule has 2 nitrogen and oxygen atoms in total. The first-order chi connectivity index (χ1) is 7.84. The molecule has 0 aliphatic carbocycles. The number of aromatic nitrogens is 1. The summed E-state index contributed by atoms with van der Waals surface area (Å²) in [7, 11) is 0. The minimum Gasteiger partial charge on any atom is -0.389 e. The molecule has 0 spiro atoms. The summed E-state index contributed by atoms with van der Waals surface area (Å²) >= 11 is 1.34. The number of hydrogen-bond acceptors (Lipinski definition) is 3. The number of nitrogen functional groups attached to an aromatic ring is 1. The van der Waals surface area contributed by atoms with E-state index in [1.807, 2.05) is 24.3 Å². The zero-order chi connectivity index (χ0) is 11.0. The number of anilines is 1. The molecule has 0 aliphatic heterocycles. The lowest BCUT2D eigenvalue weighted by Gasteiger charge is -2.02. The summed E-state index contributed by atoms with van der Waals surface area (Å²) in [6.07, 6.45) is 0. The first-order valence-corrected chi connectivity index (χ1v) is 5.82. The largest absolute Gasteiger partial charge is 0.389 e. The standard InChI is InChI=1S/C13H10N2S/c14-13-8-12(15-16-13)11-7-3-5-9-4-1-2-6-10(9)11/h1-8H,14H2. The number of nitrogens with two attached hydrogens (primary N) is 1. The van der Waals surface area contributed by atoms with E-state index in [4.69, 9.17) is 5.73 Å². The van der Waals surface area contributed by atoms with Gasteiger partial charge in [0.25, 0.3) is 0 Å². The van der Waals surface area contributed by atoms with Crippen LogP contribution in [0.3, 0.4) is 0 Å². The van der Waals surface area contributed by atoms with Gasteiger partial charge in [0.2, 0.25) is 0 Å². The van der Waals surface area contributed by atoms with Crippen LogP contribution in [0.15, 0.2) is 48.5 Å². The van der Waals surface area contributed by atoms with Gasteiger partial charge in [-0.3, -0.25) is 0 Å². The molecule has 0 saturated heterocycles. The van der Waals surface area contributed by atoms with Crippen LogP contribution in [0.2, 0.25) is 0 Å². The fourth-order valence-electron chi connectivity index (χ4n) is 1.87. The first-order valence-electron chi connectivity index (χ1n) is 5.05. The average Bonchev–Trinajstić information content (AvgIpc) is 2.75. The molecule has 0 radical (unpaired) electrons. The van der Waals surface area contributed by atoms with E-state index >= 15 is 0 Å². The van der Waals surface area contributed by atoms with Gasteiger partial charge in [0.15, 0.2) is 0 Å². The van der Waals surface area contributed by atoms with Crippen molar-refractivity contribution in [3.05, 3.63) is 48.5 Å². The molecule has 1 heterocycles. The smallest absolute Gasteiger partial charge is 0.107 e.